The van der Waals surface area contributed by atoms with E-state index in [2.05, 4.69) is 35.0 Å². The van der Waals surface area contributed by atoms with Crippen LogP contribution in [0.4, 0.5) is 0 Å². The first kappa shape index (κ1) is 16.0. The summed E-state index contributed by atoms with van der Waals surface area (Å²) in [6.07, 6.45) is 3.97. The van der Waals surface area contributed by atoms with Crippen molar-refractivity contribution in [2.24, 2.45) is 7.05 Å². The molecule has 0 unspecified atom stereocenters. The number of carboxylic acid groups (broad SMARTS) is 1. The fourth-order valence-electron chi connectivity index (χ4n) is 3.53. The van der Waals surface area contributed by atoms with Gasteiger partial charge in [-0.2, -0.15) is 0 Å². The van der Waals surface area contributed by atoms with E-state index in [1.165, 1.54) is 11.1 Å². The Labute approximate surface area is 136 Å². The van der Waals surface area contributed by atoms with Gasteiger partial charge in [-0.3, -0.25) is 0 Å². The molecule has 3 rings (SSSR count). The summed E-state index contributed by atoms with van der Waals surface area (Å²) in [6.45, 7) is 7.39. The number of aromatic carboxylic acids is 1. The van der Waals surface area contributed by atoms with E-state index < -0.39 is 5.97 Å². The predicted molar refractivity (Wildman–Crippen MR) is 92.3 cm³/mol. The second-order valence-electron chi connectivity index (χ2n) is 6.30. The second kappa shape index (κ2) is 6.72. The standard InChI is InChI=1S/C18H25N3O2/c1-3-13-10-15(18(22)23)11-16-14(12-20(2)17(13)16)4-7-21-8-5-19-6-9-21/h10-12,19H,3-9H2,1-2H3,(H,22,23). The van der Waals surface area contributed by atoms with Gasteiger partial charge in [-0.1, -0.05) is 6.92 Å². The number of aryl methyl sites for hydroxylation is 2. The SMILES string of the molecule is CCc1cc(C(=O)O)cc2c(CCN3CCNCC3)cn(C)c12. The Kier molecular flexibility index (Phi) is 4.68. The molecule has 1 aromatic heterocycles. The van der Waals surface area contributed by atoms with Crippen molar-refractivity contribution in [2.45, 2.75) is 19.8 Å². The van der Waals surface area contributed by atoms with Crippen molar-refractivity contribution in [3.05, 3.63) is 35.0 Å². The minimum absolute atomic E-state index is 0.393. The van der Waals surface area contributed by atoms with E-state index in [1.54, 1.807) is 0 Å². The molecule has 0 radical (unpaired) electrons. The predicted octanol–water partition coefficient (Wildman–Crippen LogP) is 1.89. The Morgan fingerprint density at radius 3 is 2.65 bits per heavy atom. The lowest BCUT2D eigenvalue weighted by atomic mass is 10.0. The van der Waals surface area contributed by atoms with Gasteiger partial charge >= 0.3 is 5.97 Å². The average molecular weight is 315 g/mol. The number of carboxylic acids is 1. The monoisotopic (exact) mass is 315 g/mol. The average Bonchev–Trinajstić information content (AvgIpc) is 2.89. The first-order chi connectivity index (χ1) is 11.1. The highest BCUT2D eigenvalue weighted by molar-refractivity contribution is 5.96. The number of hydrogen-bond donors (Lipinski definition) is 2. The smallest absolute Gasteiger partial charge is 0.335 e. The van der Waals surface area contributed by atoms with Gasteiger partial charge in [-0.15, -0.1) is 0 Å². The molecule has 5 nitrogen and oxygen atoms in total. The van der Waals surface area contributed by atoms with Crippen LogP contribution in [0.25, 0.3) is 10.9 Å². The van der Waals surface area contributed by atoms with Crippen molar-refractivity contribution < 1.29 is 9.90 Å². The van der Waals surface area contributed by atoms with Crippen LogP contribution in [0.5, 0.6) is 0 Å². The third kappa shape index (κ3) is 3.26. The van der Waals surface area contributed by atoms with Crippen molar-refractivity contribution in [1.82, 2.24) is 14.8 Å². The van der Waals surface area contributed by atoms with Gasteiger partial charge in [-0.25, -0.2) is 4.79 Å². The van der Waals surface area contributed by atoms with Crippen LogP contribution in [0, 0.1) is 0 Å². The zero-order valence-electron chi connectivity index (χ0n) is 13.9. The zero-order chi connectivity index (χ0) is 16.4. The molecule has 2 N–H and O–H groups in total. The number of aromatic nitrogens is 1. The molecular formula is C18H25N3O2. The van der Waals surface area contributed by atoms with Crippen LogP contribution in [0.3, 0.4) is 0 Å². The molecule has 2 heterocycles. The van der Waals surface area contributed by atoms with E-state index in [9.17, 15) is 9.90 Å². The van der Waals surface area contributed by atoms with Crippen molar-refractivity contribution in [1.29, 1.82) is 0 Å². The van der Waals surface area contributed by atoms with E-state index in [4.69, 9.17) is 0 Å². The van der Waals surface area contributed by atoms with E-state index in [-0.39, 0.29) is 0 Å². The fourth-order valence-corrected chi connectivity index (χ4v) is 3.53. The molecule has 0 saturated carbocycles. The van der Waals surface area contributed by atoms with Crippen LogP contribution in [0.15, 0.2) is 18.3 Å². The maximum absolute atomic E-state index is 11.4. The Morgan fingerprint density at radius 1 is 1.26 bits per heavy atom. The number of rotatable bonds is 5. The van der Waals surface area contributed by atoms with Gasteiger partial charge in [0.1, 0.15) is 0 Å². The summed E-state index contributed by atoms with van der Waals surface area (Å²) in [7, 11) is 2.05. The summed E-state index contributed by atoms with van der Waals surface area (Å²) in [6, 6.07) is 3.65. The highest BCUT2D eigenvalue weighted by Crippen LogP contribution is 2.27. The molecule has 0 bridgehead atoms. The van der Waals surface area contributed by atoms with E-state index in [0.29, 0.717) is 5.56 Å². The third-order valence-electron chi connectivity index (χ3n) is 4.77. The van der Waals surface area contributed by atoms with Crippen molar-refractivity contribution in [3.63, 3.8) is 0 Å². The van der Waals surface area contributed by atoms with Gasteiger partial charge in [0.25, 0.3) is 0 Å². The van der Waals surface area contributed by atoms with Gasteiger partial charge in [0.2, 0.25) is 0 Å². The first-order valence-electron chi connectivity index (χ1n) is 8.37. The van der Waals surface area contributed by atoms with Crippen LogP contribution in [0.2, 0.25) is 0 Å². The highest BCUT2D eigenvalue weighted by Gasteiger charge is 2.16. The molecule has 1 aliphatic rings. The zero-order valence-corrected chi connectivity index (χ0v) is 13.9. The molecule has 0 amide bonds. The van der Waals surface area contributed by atoms with Gasteiger partial charge < -0.3 is 19.9 Å². The lowest BCUT2D eigenvalue weighted by Crippen LogP contribution is -2.44. The number of benzene rings is 1. The van der Waals surface area contributed by atoms with Crippen molar-refractivity contribution in [2.75, 3.05) is 32.7 Å². The molecular weight excluding hydrogens is 290 g/mol. The fraction of sp³-hybridized carbons (Fsp3) is 0.500. The largest absolute Gasteiger partial charge is 0.478 e. The normalized spacial score (nSPS) is 16.1. The Bertz CT molecular complexity index is 715. The van der Waals surface area contributed by atoms with Gasteiger partial charge in [0.05, 0.1) is 11.1 Å². The Morgan fingerprint density at radius 2 is 2.00 bits per heavy atom. The van der Waals surface area contributed by atoms with Crippen LogP contribution < -0.4 is 5.32 Å². The summed E-state index contributed by atoms with van der Waals surface area (Å²) in [5.41, 5.74) is 3.92. The van der Waals surface area contributed by atoms with Gasteiger partial charge in [0, 0.05) is 51.4 Å². The molecule has 124 valence electrons. The van der Waals surface area contributed by atoms with Crippen LogP contribution >= 0.6 is 0 Å². The molecule has 1 fully saturated rings. The lowest BCUT2D eigenvalue weighted by molar-refractivity contribution is 0.0697. The van der Waals surface area contributed by atoms with Crippen molar-refractivity contribution >= 4 is 16.9 Å². The molecule has 0 spiro atoms. The number of piperazine rings is 1. The van der Waals surface area contributed by atoms with E-state index in [1.807, 2.05) is 12.1 Å². The first-order valence-corrected chi connectivity index (χ1v) is 8.37. The van der Waals surface area contributed by atoms with E-state index >= 15 is 0 Å². The minimum atomic E-state index is -0.849. The summed E-state index contributed by atoms with van der Waals surface area (Å²) in [5.74, 6) is -0.849. The number of carbonyl (C=O) groups is 1. The third-order valence-corrected chi connectivity index (χ3v) is 4.77. The molecule has 0 aliphatic carbocycles. The molecule has 2 aromatic rings. The Hall–Kier alpha value is -1.85. The molecule has 23 heavy (non-hydrogen) atoms. The molecule has 1 saturated heterocycles. The lowest BCUT2D eigenvalue weighted by Gasteiger charge is -2.26. The van der Waals surface area contributed by atoms with E-state index in [0.717, 1.165) is 56.5 Å². The number of nitrogens with zero attached hydrogens (tertiary/aromatic N) is 2. The maximum atomic E-state index is 11.4. The van der Waals surface area contributed by atoms with Crippen molar-refractivity contribution in [3.8, 4) is 0 Å². The number of hydrogen-bond acceptors (Lipinski definition) is 3. The number of nitrogens with one attached hydrogen (secondary N) is 1. The molecule has 5 heteroatoms. The maximum Gasteiger partial charge on any atom is 0.335 e. The summed E-state index contributed by atoms with van der Waals surface area (Å²) < 4.78 is 2.15. The van der Waals surface area contributed by atoms with Crippen LogP contribution in [0.1, 0.15) is 28.4 Å². The molecule has 1 aromatic carbocycles. The van der Waals surface area contributed by atoms with Crippen LogP contribution in [-0.2, 0) is 19.9 Å². The topological polar surface area (TPSA) is 57.5 Å². The molecule has 1 aliphatic heterocycles. The van der Waals surface area contributed by atoms with Gasteiger partial charge in [-0.05, 0) is 36.1 Å². The molecule has 0 atom stereocenters. The Balaban J connectivity index is 1.93. The van der Waals surface area contributed by atoms with Gasteiger partial charge in [0.15, 0.2) is 0 Å². The quantitative estimate of drug-likeness (QED) is 0.885. The summed E-state index contributed by atoms with van der Waals surface area (Å²) >= 11 is 0. The summed E-state index contributed by atoms with van der Waals surface area (Å²) in [5, 5.41) is 13.8. The second-order valence-corrected chi connectivity index (χ2v) is 6.30. The highest BCUT2D eigenvalue weighted by atomic mass is 16.4. The van der Waals surface area contributed by atoms with Crippen LogP contribution in [-0.4, -0.2) is 53.3 Å². The summed E-state index contributed by atoms with van der Waals surface area (Å²) in [4.78, 5) is 13.9. The minimum Gasteiger partial charge on any atom is -0.478 e. The number of fused-ring (bicyclic) bond motifs is 1.